The number of hydrogen-bond donors (Lipinski definition) is 2. The molecule has 92 valence electrons. The van der Waals surface area contributed by atoms with Crippen LogP contribution in [0.2, 0.25) is 0 Å². The van der Waals surface area contributed by atoms with Crippen LogP contribution in [0.15, 0.2) is 0 Å². The lowest BCUT2D eigenvalue weighted by Crippen LogP contribution is -2.37. The Morgan fingerprint density at radius 1 is 1.38 bits per heavy atom. The highest BCUT2D eigenvalue weighted by Crippen LogP contribution is 2.25. The lowest BCUT2D eigenvalue weighted by molar-refractivity contribution is -0.141. The van der Waals surface area contributed by atoms with Gasteiger partial charge >= 0.3 is 5.97 Å². The smallest absolute Gasteiger partial charge is 0.306 e. The molecule has 1 saturated carbocycles. The van der Waals surface area contributed by atoms with Crippen molar-refractivity contribution in [2.75, 3.05) is 12.0 Å². The molecule has 0 aromatic carbocycles. The van der Waals surface area contributed by atoms with E-state index in [1.54, 1.807) is 0 Å². The van der Waals surface area contributed by atoms with Gasteiger partial charge in [-0.1, -0.05) is 0 Å². The Morgan fingerprint density at radius 3 is 2.44 bits per heavy atom. The highest BCUT2D eigenvalue weighted by molar-refractivity contribution is 7.91. The summed E-state index contributed by atoms with van der Waals surface area (Å²) in [6, 6.07) is -0.213. The summed E-state index contributed by atoms with van der Waals surface area (Å²) in [6.45, 7) is 0. The van der Waals surface area contributed by atoms with Crippen LogP contribution < -0.4 is 5.32 Å². The minimum Gasteiger partial charge on any atom is -0.481 e. The van der Waals surface area contributed by atoms with E-state index in [0.717, 1.165) is 6.26 Å². The minimum atomic E-state index is -3.32. The van der Waals surface area contributed by atoms with Gasteiger partial charge in [-0.25, -0.2) is 8.42 Å². The number of nitrogens with one attached hydrogen (secondary N) is 1. The van der Waals surface area contributed by atoms with E-state index in [4.69, 9.17) is 5.11 Å². The summed E-state index contributed by atoms with van der Waals surface area (Å²) in [5.41, 5.74) is 0. The Morgan fingerprint density at radius 2 is 2.00 bits per heavy atom. The molecule has 1 aliphatic carbocycles. The Bertz CT molecular complexity index is 389. The largest absolute Gasteiger partial charge is 0.481 e. The number of carbonyl (C=O) groups is 2. The first-order valence-electron chi connectivity index (χ1n) is 4.98. The first-order valence-corrected chi connectivity index (χ1v) is 7.04. The van der Waals surface area contributed by atoms with Gasteiger partial charge in [0.25, 0.3) is 0 Å². The standard InChI is InChI=1S/C9H15NO5S/c1-16(14,15)5-8(11)10-7-3-2-6(4-7)9(12)13/h6-7H,2-5H2,1H3,(H,10,11)(H,12,13)/t6-,7+/m1/s1. The highest BCUT2D eigenvalue weighted by atomic mass is 32.2. The Hall–Kier alpha value is -1.11. The molecule has 0 aromatic heterocycles. The summed E-state index contributed by atoms with van der Waals surface area (Å²) in [5, 5.41) is 11.3. The van der Waals surface area contributed by atoms with Gasteiger partial charge in [0.15, 0.2) is 9.84 Å². The van der Waals surface area contributed by atoms with E-state index in [1.165, 1.54) is 0 Å². The van der Waals surface area contributed by atoms with Crippen LogP contribution in [-0.2, 0) is 19.4 Å². The van der Waals surface area contributed by atoms with Crippen molar-refractivity contribution >= 4 is 21.7 Å². The monoisotopic (exact) mass is 249 g/mol. The molecular weight excluding hydrogens is 234 g/mol. The molecule has 16 heavy (non-hydrogen) atoms. The molecule has 6 nitrogen and oxygen atoms in total. The number of rotatable bonds is 4. The third-order valence-electron chi connectivity index (χ3n) is 2.54. The van der Waals surface area contributed by atoms with E-state index in [9.17, 15) is 18.0 Å². The van der Waals surface area contributed by atoms with Crippen molar-refractivity contribution in [2.45, 2.75) is 25.3 Å². The maximum Gasteiger partial charge on any atom is 0.306 e. The topological polar surface area (TPSA) is 101 Å². The highest BCUT2D eigenvalue weighted by Gasteiger charge is 2.30. The number of carbonyl (C=O) groups excluding carboxylic acids is 1. The van der Waals surface area contributed by atoms with E-state index in [2.05, 4.69) is 5.32 Å². The molecule has 2 atom stereocenters. The molecule has 7 heteroatoms. The fraction of sp³-hybridized carbons (Fsp3) is 0.778. The van der Waals surface area contributed by atoms with Gasteiger partial charge in [-0.05, 0) is 19.3 Å². The molecule has 0 bridgehead atoms. The van der Waals surface area contributed by atoms with E-state index in [0.29, 0.717) is 19.3 Å². The van der Waals surface area contributed by atoms with Crippen LogP contribution >= 0.6 is 0 Å². The Balaban J connectivity index is 2.40. The molecule has 0 heterocycles. The van der Waals surface area contributed by atoms with Crippen molar-refractivity contribution in [3.8, 4) is 0 Å². The molecule has 0 radical (unpaired) electrons. The lowest BCUT2D eigenvalue weighted by Gasteiger charge is -2.11. The van der Waals surface area contributed by atoms with Crippen LogP contribution in [0.25, 0.3) is 0 Å². The summed E-state index contributed by atoms with van der Waals surface area (Å²) in [7, 11) is -3.32. The second-order valence-corrected chi connectivity index (χ2v) is 6.32. The summed E-state index contributed by atoms with van der Waals surface area (Å²) < 4.78 is 21.7. The van der Waals surface area contributed by atoms with Crippen molar-refractivity contribution in [3.63, 3.8) is 0 Å². The van der Waals surface area contributed by atoms with E-state index >= 15 is 0 Å². The minimum absolute atomic E-state index is 0.213. The number of carboxylic acid groups (broad SMARTS) is 1. The second-order valence-electron chi connectivity index (χ2n) is 4.18. The molecule has 1 rings (SSSR count). The molecule has 0 saturated heterocycles. The van der Waals surface area contributed by atoms with Gasteiger partial charge in [0.05, 0.1) is 5.92 Å². The van der Waals surface area contributed by atoms with Gasteiger partial charge in [0, 0.05) is 12.3 Å². The van der Waals surface area contributed by atoms with Crippen molar-refractivity contribution in [1.82, 2.24) is 5.32 Å². The molecular formula is C9H15NO5S. The van der Waals surface area contributed by atoms with Crippen LogP contribution in [0, 0.1) is 5.92 Å². The predicted molar refractivity (Wildman–Crippen MR) is 56.6 cm³/mol. The maximum absolute atomic E-state index is 11.3. The van der Waals surface area contributed by atoms with E-state index in [-0.39, 0.29) is 6.04 Å². The van der Waals surface area contributed by atoms with Crippen LogP contribution in [-0.4, -0.2) is 43.5 Å². The molecule has 1 fully saturated rings. The zero-order valence-corrected chi connectivity index (χ0v) is 9.79. The predicted octanol–water partition coefficient (Wildman–Crippen LogP) is -0.599. The third-order valence-corrected chi connectivity index (χ3v) is 3.33. The summed E-state index contributed by atoms with van der Waals surface area (Å²) in [4.78, 5) is 21.9. The fourth-order valence-electron chi connectivity index (χ4n) is 1.84. The van der Waals surface area contributed by atoms with Gasteiger partial charge in [0.1, 0.15) is 5.75 Å². The Labute approximate surface area is 93.9 Å². The lowest BCUT2D eigenvalue weighted by atomic mass is 10.1. The molecule has 0 aliphatic heterocycles. The Kier molecular flexibility index (Phi) is 3.90. The quantitative estimate of drug-likeness (QED) is 0.693. The third kappa shape index (κ3) is 4.18. The fourth-order valence-corrected chi connectivity index (χ4v) is 2.40. The van der Waals surface area contributed by atoms with Gasteiger partial charge in [0.2, 0.25) is 5.91 Å². The zero-order valence-electron chi connectivity index (χ0n) is 8.97. The van der Waals surface area contributed by atoms with Crippen LogP contribution in [0.4, 0.5) is 0 Å². The average Bonchev–Trinajstić information content (AvgIpc) is 2.48. The molecule has 2 N–H and O–H groups in total. The molecule has 1 amide bonds. The number of amides is 1. The van der Waals surface area contributed by atoms with Crippen molar-refractivity contribution in [1.29, 1.82) is 0 Å². The normalized spacial score (nSPS) is 25.3. The molecule has 0 aromatic rings. The molecule has 0 spiro atoms. The summed E-state index contributed by atoms with van der Waals surface area (Å²) >= 11 is 0. The van der Waals surface area contributed by atoms with E-state index < -0.39 is 33.4 Å². The van der Waals surface area contributed by atoms with Crippen LogP contribution in [0.1, 0.15) is 19.3 Å². The van der Waals surface area contributed by atoms with Gasteiger partial charge < -0.3 is 10.4 Å². The zero-order chi connectivity index (χ0) is 12.3. The van der Waals surface area contributed by atoms with Gasteiger partial charge in [-0.3, -0.25) is 9.59 Å². The molecule has 1 aliphatic rings. The second kappa shape index (κ2) is 4.82. The number of aliphatic carboxylic acids is 1. The summed E-state index contributed by atoms with van der Waals surface area (Å²) in [5.74, 6) is -2.39. The number of hydrogen-bond acceptors (Lipinski definition) is 4. The first kappa shape index (κ1) is 13.0. The first-order chi connectivity index (χ1) is 7.28. The molecule has 0 unspecified atom stereocenters. The van der Waals surface area contributed by atoms with Crippen LogP contribution in [0.5, 0.6) is 0 Å². The van der Waals surface area contributed by atoms with Crippen molar-refractivity contribution < 1.29 is 23.1 Å². The maximum atomic E-state index is 11.3. The van der Waals surface area contributed by atoms with E-state index in [1.807, 2.05) is 0 Å². The van der Waals surface area contributed by atoms with Gasteiger partial charge in [-0.2, -0.15) is 0 Å². The van der Waals surface area contributed by atoms with Crippen molar-refractivity contribution in [2.24, 2.45) is 5.92 Å². The number of sulfone groups is 1. The number of carboxylic acids is 1. The van der Waals surface area contributed by atoms with Crippen molar-refractivity contribution in [3.05, 3.63) is 0 Å². The van der Waals surface area contributed by atoms with Gasteiger partial charge in [-0.15, -0.1) is 0 Å². The summed E-state index contributed by atoms with van der Waals surface area (Å²) in [6.07, 6.45) is 2.48. The average molecular weight is 249 g/mol. The SMILES string of the molecule is CS(=O)(=O)CC(=O)N[C@H]1CC[C@@H](C(=O)O)C1. The van der Waals surface area contributed by atoms with Crippen LogP contribution in [0.3, 0.4) is 0 Å².